The van der Waals surface area contributed by atoms with E-state index in [1.54, 1.807) is 19.1 Å². The molecule has 0 bridgehead atoms. The van der Waals surface area contributed by atoms with Crippen molar-refractivity contribution in [2.45, 2.75) is 38.5 Å². The largest absolute Gasteiger partial charge is 0.380 e. The zero-order valence-corrected chi connectivity index (χ0v) is 19.5. The van der Waals surface area contributed by atoms with Crippen molar-refractivity contribution in [3.63, 3.8) is 0 Å². The number of nitriles is 1. The zero-order chi connectivity index (χ0) is 25.4. The summed E-state index contributed by atoms with van der Waals surface area (Å²) in [5.74, 6) is -1.93. The fraction of sp³-hybridized carbons (Fsp3) is 0.458. The third kappa shape index (κ3) is 6.71. The molecule has 10 nitrogen and oxygen atoms in total. The molecule has 2 unspecified atom stereocenters. The molecule has 0 aliphatic carbocycles. The number of hydrogen-bond acceptors (Lipinski definition) is 8. The Hall–Kier alpha value is -3.62. The molecule has 1 aliphatic heterocycles. The van der Waals surface area contributed by atoms with E-state index in [-0.39, 0.29) is 31.1 Å². The summed E-state index contributed by atoms with van der Waals surface area (Å²) in [4.78, 5) is 36.2. The highest BCUT2D eigenvalue weighted by molar-refractivity contribution is 5.90. The minimum Gasteiger partial charge on any atom is -0.380 e. The highest BCUT2D eigenvalue weighted by Gasteiger charge is 2.33. The van der Waals surface area contributed by atoms with Crippen molar-refractivity contribution in [2.24, 2.45) is 5.92 Å². The molecule has 186 valence electrons. The van der Waals surface area contributed by atoms with E-state index in [0.29, 0.717) is 37.3 Å². The number of carbonyl (C=O) groups is 2. The molecule has 1 aliphatic rings. The van der Waals surface area contributed by atoms with Crippen LogP contribution in [0.1, 0.15) is 31.0 Å². The SMILES string of the molecule is CCN(Cc1ccncn1)C(=O)C(O)C(O)C(=O)NCC1CCN(c2ccc(F)cc2C#N)CC1. The van der Waals surface area contributed by atoms with Gasteiger partial charge in [0, 0.05) is 32.4 Å². The monoisotopic (exact) mass is 484 g/mol. The average Bonchev–Trinajstić information content (AvgIpc) is 2.89. The molecule has 0 saturated carbocycles. The first-order chi connectivity index (χ1) is 16.8. The van der Waals surface area contributed by atoms with Gasteiger partial charge in [-0.15, -0.1) is 0 Å². The number of aromatic nitrogens is 2. The van der Waals surface area contributed by atoms with E-state index in [1.165, 1.54) is 29.6 Å². The molecular weight excluding hydrogens is 455 g/mol. The molecule has 2 amide bonds. The first kappa shape index (κ1) is 26.0. The van der Waals surface area contributed by atoms with Gasteiger partial charge in [0.1, 0.15) is 18.2 Å². The van der Waals surface area contributed by atoms with Crippen LogP contribution in [0, 0.1) is 23.1 Å². The highest BCUT2D eigenvalue weighted by Crippen LogP contribution is 2.26. The molecule has 3 N–H and O–H groups in total. The molecule has 1 fully saturated rings. The molecule has 1 saturated heterocycles. The van der Waals surface area contributed by atoms with E-state index < -0.39 is 29.8 Å². The Labute approximate surface area is 203 Å². The summed E-state index contributed by atoms with van der Waals surface area (Å²) in [6.45, 7) is 3.61. The number of aliphatic hydroxyl groups is 2. The number of halogens is 1. The van der Waals surface area contributed by atoms with E-state index in [9.17, 15) is 29.5 Å². The van der Waals surface area contributed by atoms with Crippen molar-refractivity contribution >= 4 is 17.5 Å². The maximum atomic E-state index is 13.4. The highest BCUT2D eigenvalue weighted by atomic mass is 19.1. The quantitative estimate of drug-likeness (QED) is 0.469. The number of likely N-dealkylation sites (N-methyl/N-ethyl adjacent to an activating group) is 1. The number of hydrogen-bond donors (Lipinski definition) is 3. The smallest absolute Gasteiger partial charge is 0.255 e. The van der Waals surface area contributed by atoms with Crippen LogP contribution in [-0.4, -0.2) is 75.3 Å². The van der Waals surface area contributed by atoms with Crippen LogP contribution in [0.15, 0.2) is 36.8 Å². The maximum absolute atomic E-state index is 13.4. The molecule has 2 aromatic rings. The van der Waals surface area contributed by atoms with Gasteiger partial charge < -0.3 is 25.3 Å². The average molecular weight is 485 g/mol. The van der Waals surface area contributed by atoms with Gasteiger partial charge in [-0.1, -0.05) is 0 Å². The Morgan fingerprint density at radius 2 is 2.03 bits per heavy atom. The third-order valence-corrected chi connectivity index (χ3v) is 6.11. The first-order valence-electron chi connectivity index (χ1n) is 11.5. The predicted molar refractivity (Wildman–Crippen MR) is 124 cm³/mol. The van der Waals surface area contributed by atoms with Gasteiger partial charge in [-0.25, -0.2) is 14.4 Å². The molecule has 0 spiro atoms. The summed E-state index contributed by atoms with van der Waals surface area (Å²) in [6.07, 6.45) is 0.497. The van der Waals surface area contributed by atoms with Crippen molar-refractivity contribution < 1.29 is 24.2 Å². The lowest BCUT2D eigenvalue weighted by atomic mass is 9.95. The molecule has 35 heavy (non-hydrogen) atoms. The first-order valence-corrected chi connectivity index (χ1v) is 11.5. The van der Waals surface area contributed by atoms with E-state index in [0.717, 1.165) is 0 Å². The van der Waals surface area contributed by atoms with Gasteiger partial charge in [0.15, 0.2) is 12.2 Å². The van der Waals surface area contributed by atoms with Crippen molar-refractivity contribution in [3.05, 3.63) is 53.9 Å². The summed E-state index contributed by atoms with van der Waals surface area (Å²) in [6, 6.07) is 7.77. The van der Waals surface area contributed by atoms with Crippen LogP contribution in [0.25, 0.3) is 0 Å². The number of nitrogens with one attached hydrogen (secondary N) is 1. The number of piperidine rings is 1. The zero-order valence-electron chi connectivity index (χ0n) is 19.5. The van der Waals surface area contributed by atoms with E-state index in [2.05, 4.69) is 15.3 Å². The number of amides is 2. The number of nitrogens with zero attached hydrogens (tertiary/aromatic N) is 5. The Bertz CT molecular complexity index is 1060. The minimum atomic E-state index is -1.90. The third-order valence-electron chi connectivity index (χ3n) is 6.11. The van der Waals surface area contributed by atoms with Gasteiger partial charge in [-0.3, -0.25) is 9.59 Å². The summed E-state index contributed by atoms with van der Waals surface area (Å²) >= 11 is 0. The van der Waals surface area contributed by atoms with Crippen LogP contribution in [0.2, 0.25) is 0 Å². The predicted octanol–water partition coefficient (Wildman–Crippen LogP) is 0.590. The molecule has 3 rings (SSSR count). The number of benzene rings is 1. The van der Waals surface area contributed by atoms with Crippen LogP contribution >= 0.6 is 0 Å². The fourth-order valence-electron chi connectivity index (χ4n) is 4.02. The van der Waals surface area contributed by atoms with Gasteiger partial charge in [0.25, 0.3) is 11.8 Å². The van der Waals surface area contributed by atoms with Gasteiger partial charge >= 0.3 is 0 Å². The Kier molecular flexibility index (Phi) is 9.05. The fourth-order valence-corrected chi connectivity index (χ4v) is 4.02. The summed E-state index contributed by atoms with van der Waals surface area (Å²) in [7, 11) is 0. The lowest BCUT2D eigenvalue weighted by Gasteiger charge is -2.34. The van der Waals surface area contributed by atoms with E-state index in [4.69, 9.17) is 0 Å². The van der Waals surface area contributed by atoms with Gasteiger partial charge in [0.2, 0.25) is 0 Å². The van der Waals surface area contributed by atoms with Crippen LogP contribution in [0.5, 0.6) is 0 Å². The number of carbonyl (C=O) groups excluding carboxylic acids is 2. The van der Waals surface area contributed by atoms with Crippen LogP contribution < -0.4 is 10.2 Å². The second-order valence-electron chi connectivity index (χ2n) is 8.39. The second-order valence-corrected chi connectivity index (χ2v) is 8.39. The molecule has 11 heteroatoms. The lowest BCUT2D eigenvalue weighted by Crippen LogP contribution is -2.51. The minimum absolute atomic E-state index is 0.114. The topological polar surface area (TPSA) is 143 Å². The Morgan fingerprint density at radius 3 is 2.66 bits per heavy atom. The molecule has 1 aromatic carbocycles. The van der Waals surface area contributed by atoms with Crippen LogP contribution in [-0.2, 0) is 16.1 Å². The molecule has 2 heterocycles. The van der Waals surface area contributed by atoms with Crippen LogP contribution in [0.4, 0.5) is 10.1 Å². The lowest BCUT2D eigenvalue weighted by molar-refractivity contribution is -0.153. The van der Waals surface area contributed by atoms with Crippen molar-refractivity contribution in [1.29, 1.82) is 5.26 Å². The summed E-state index contributed by atoms with van der Waals surface area (Å²) < 4.78 is 13.4. The molecule has 0 radical (unpaired) electrons. The standard InChI is InChI=1S/C24H29FN6O4/c1-2-30(14-19-5-8-27-15-29-19)24(35)22(33)21(32)23(34)28-13-16-6-9-31(10-7-16)20-4-3-18(25)11-17(20)12-26/h3-5,8,11,15-16,21-22,32-33H,2,6-7,9-10,13-14H2,1H3,(H,28,34). The van der Waals surface area contributed by atoms with Crippen LogP contribution in [0.3, 0.4) is 0 Å². The molecule has 2 atom stereocenters. The normalized spacial score (nSPS) is 15.7. The summed E-state index contributed by atoms with van der Waals surface area (Å²) in [5, 5.41) is 32.5. The Balaban J connectivity index is 1.47. The Morgan fingerprint density at radius 1 is 1.29 bits per heavy atom. The number of anilines is 1. The molecular formula is C24H29FN6O4. The van der Waals surface area contributed by atoms with Gasteiger partial charge in [0.05, 0.1) is 23.5 Å². The van der Waals surface area contributed by atoms with Crippen molar-refractivity contribution in [2.75, 3.05) is 31.1 Å². The maximum Gasteiger partial charge on any atom is 0.255 e. The summed E-state index contributed by atoms with van der Waals surface area (Å²) in [5.41, 5.74) is 1.52. The molecule has 1 aromatic heterocycles. The van der Waals surface area contributed by atoms with E-state index in [1.807, 2.05) is 11.0 Å². The number of rotatable bonds is 9. The number of aliphatic hydroxyl groups excluding tert-OH is 2. The van der Waals surface area contributed by atoms with Gasteiger partial charge in [-0.2, -0.15) is 5.26 Å². The van der Waals surface area contributed by atoms with Gasteiger partial charge in [-0.05, 0) is 49.9 Å². The van der Waals surface area contributed by atoms with E-state index >= 15 is 0 Å². The van der Waals surface area contributed by atoms with Crippen molar-refractivity contribution in [3.8, 4) is 6.07 Å². The second kappa shape index (κ2) is 12.2. The van der Waals surface area contributed by atoms with Crippen molar-refractivity contribution in [1.82, 2.24) is 20.2 Å².